The van der Waals surface area contributed by atoms with Crippen LogP contribution in [-0.2, 0) is 5.88 Å². The monoisotopic (exact) mass is 241 g/mol. The summed E-state index contributed by atoms with van der Waals surface area (Å²) in [7, 11) is 0. The van der Waals surface area contributed by atoms with Gasteiger partial charge in [0.1, 0.15) is 5.69 Å². The van der Waals surface area contributed by atoms with Crippen LogP contribution in [0.5, 0.6) is 0 Å². The summed E-state index contributed by atoms with van der Waals surface area (Å²) in [6.45, 7) is 2.03. The van der Waals surface area contributed by atoms with E-state index in [1.54, 1.807) is 0 Å². The molecule has 0 saturated carbocycles. The van der Waals surface area contributed by atoms with Crippen molar-refractivity contribution in [1.29, 1.82) is 0 Å². The Labute approximate surface area is 97.8 Å². The number of hydrogen-bond acceptors (Lipinski definition) is 2. The van der Waals surface area contributed by atoms with Gasteiger partial charge in [0.2, 0.25) is 5.22 Å². The van der Waals surface area contributed by atoms with Gasteiger partial charge in [0.25, 0.3) is 0 Å². The van der Waals surface area contributed by atoms with Crippen LogP contribution in [0.25, 0.3) is 11.3 Å². The van der Waals surface area contributed by atoms with Crippen LogP contribution >= 0.6 is 23.2 Å². The molecule has 0 bridgehead atoms. The quantitative estimate of drug-likeness (QED) is 0.742. The summed E-state index contributed by atoms with van der Waals surface area (Å²) in [6, 6.07) is 7.96. The van der Waals surface area contributed by atoms with Crippen LogP contribution in [0.1, 0.15) is 11.1 Å². The Kier molecular flexibility index (Phi) is 2.98. The standard InChI is InChI=1S/C11H9Cl2NO/c1-7-2-4-8(5-3-7)10-9(6-12)11(13)15-14-10/h2-5H,6H2,1H3. The summed E-state index contributed by atoms with van der Waals surface area (Å²) in [5, 5.41) is 4.16. The van der Waals surface area contributed by atoms with Crippen molar-refractivity contribution >= 4 is 23.2 Å². The molecule has 0 spiro atoms. The number of benzene rings is 1. The molecular weight excluding hydrogens is 233 g/mol. The van der Waals surface area contributed by atoms with Gasteiger partial charge in [-0.2, -0.15) is 0 Å². The normalized spacial score (nSPS) is 10.6. The first-order valence-corrected chi connectivity index (χ1v) is 5.40. The molecule has 0 aliphatic carbocycles. The fourth-order valence-corrected chi connectivity index (χ4v) is 1.85. The van der Waals surface area contributed by atoms with Gasteiger partial charge in [-0.15, -0.1) is 11.6 Å². The molecule has 0 N–H and O–H groups in total. The summed E-state index contributed by atoms with van der Waals surface area (Å²) < 4.78 is 4.90. The topological polar surface area (TPSA) is 26.0 Å². The van der Waals surface area contributed by atoms with E-state index >= 15 is 0 Å². The van der Waals surface area contributed by atoms with E-state index in [2.05, 4.69) is 5.16 Å². The van der Waals surface area contributed by atoms with Crippen LogP contribution < -0.4 is 0 Å². The van der Waals surface area contributed by atoms with Crippen LogP contribution in [0.2, 0.25) is 5.22 Å². The van der Waals surface area contributed by atoms with E-state index in [0.29, 0.717) is 5.88 Å². The number of aromatic nitrogens is 1. The van der Waals surface area contributed by atoms with E-state index in [1.807, 2.05) is 31.2 Å². The first-order valence-electron chi connectivity index (χ1n) is 4.49. The van der Waals surface area contributed by atoms with Crippen molar-refractivity contribution in [3.05, 3.63) is 40.6 Å². The zero-order valence-electron chi connectivity index (χ0n) is 8.13. The number of hydrogen-bond donors (Lipinski definition) is 0. The molecule has 0 atom stereocenters. The molecule has 15 heavy (non-hydrogen) atoms. The van der Waals surface area contributed by atoms with Gasteiger partial charge >= 0.3 is 0 Å². The van der Waals surface area contributed by atoms with Crippen molar-refractivity contribution < 1.29 is 4.52 Å². The van der Waals surface area contributed by atoms with Crippen molar-refractivity contribution in [3.8, 4) is 11.3 Å². The molecule has 1 aromatic carbocycles. The van der Waals surface area contributed by atoms with Crippen molar-refractivity contribution in [2.45, 2.75) is 12.8 Å². The highest BCUT2D eigenvalue weighted by atomic mass is 35.5. The van der Waals surface area contributed by atoms with Gasteiger partial charge < -0.3 is 4.52 Å². The highest BCUT2D eigenvalue weighted by Crippen LogP contribution is 2.29. The average molecular weight is 242 g/mol. The molecule has 4 heteroatoms. The van der Waals surface area contributed by atoms with E-state index in [4.69, 9.17) is 27.7 Å². The van der Waals surface area contributed by atoms with Crippen LogP contribution in [0.4, 0.5) is 0 Å². The average Bonchev–Trinajstić information content (AvgIpc) is 2.61. The number of rotatable bonds is 2. The van der Waals surface area contributed by atoms with Crippen molar-refractivity contribution in [1.82, 2.24) is 5.16 Å². The lowest BCUT2D eigenvalue weighted by atomic mass is 10.1. The molecular formula is C11H9Cl2NO. The molecule has 0 fully saturated rings. The zero-order chi connectivity index (χ0) is 10.8. The highest BCUT2D eigenvalue weighted by Gasteiger charge is 2.14. The second-order valence-electron chi connectivity index (χ2n) is 3.28. The lowest BCUT2D eigenvalue weighted by Crippen LogP contribution is -1.83. The molecule has 0 radical (unpaired) electrons. The van der Waals surface area contributed by atoms with Gasteiger partial charge in [0.05, 0.1) is 11.4 Å². The van der Waals surface area contributed by atoms with E-state index < -0.39 is 0 Å². The minimum atomic E-state index is 0.264. The second kappa shape index (κ2) is 4.25. The summed E-state index contributed by atoms with van der Waals surface area (Å²) in [4.78, 5) is 0. The van der Waals surface area contributed by atoms with Crippen molar-refractivity contribution in [2.24, 2.45) is 0 Å². The molecule has 1 aromatic heterocycles. The minimum absolute atomic E-state index is 0.264. The fraction of sp³-hybridized carbons (Fsp3) is 0.182. The predicted molar refractivity (Wildman–Crippen MR) is 61.2 cm³/mol. The Bertz CT molecular complexity index is 462. The van der Waals surface area contributed by atoms with Crippen molar-refractivity contribution in [3.63, 3.8) is 0 Å². The Morgan fingerprint density at radius 3 is 2.53 bits per heavy atom. The zero-order valence-corrected chi connectivity index (χ0v) is 9.64. The third kappa shape index (κ3) is 2.01. The maximum atomic E-state index is 5.81. The van der Waals surface area contributed by atoms with Crippen LogP contribution in [0, 0.1) is 6.92 Å². The number of halogens is 2. The molecule has 1 heterocycles. The smallest absolute Gasteiger partial charge is 0.231 e. The predicted octanol–water partition coefficient (Wildman–Crippen LogP) is 4.04. The first kappa shape index (κ1) is 10.5. The number of nitrogens with zero attached hydrogens (tertiary/aromatic N) is 1. The van der Waals surface area contributed by atoms with E-state index in [9.17, 15) is 0 Å². The van der Waals surface area contributed by atoms with Crippen LogP contribution in [0.3, 0.4) is 0 Å². The lowest BCUT2D eigenvalue weighted by molar-refractivity contribution is 0.423. The Hall–Kier alpha value is -0.990. The number of aryl methyl sites for hydroxylation is 1. The molecule has 0 unspecified atom stereocenters. The van der Waals surface area contributed by atoms with E-state index in [1.165, 1.54) is 5.56 Å². The van der Waals surface area contributed by atoms with Gasteiger partial charge in [-0.25, -0.2) is 0 Å². The third-order valence-electron chi connectivity index (χ3n) is 2.20. The van der Waals surface area contributed by atoms with Gasteiger partial charge in [0, 0.05) is 5.56 Å². The molecule has 0 aliphatic heterocycles. The van der Waals surface area contributed by atoms with Gasteiger partial charge in [-0.05, 0) is 18.5 Å². The summed E-state index contributed by atoms with van der Waals surface area (Å²) in [6.07, 6.45) is 0. The van der Waals surface area contributed by atoms with Crippen LogP contribution in [0.15, 0.2) is 28.8 Å². The summed E-state index contributed by atoms with van der Waals surface area (Å²) in [5.74, 6) is 0.297. The number of alkyl halides is 1. The second-order valence-corrected chi connectivity index (χ2v) is 3.89. The Balaban J connectivity index is 2.49. The Morgan fingerprint density at radius 1 is 1.27 bits per heavy atom. The molecule has 0 amide bonds. The van der Waals surface area contributed by atoms with E-state index in [-0.39, 0.29) is 5.22 Å². The maximum Gasteiger partial charge on any atom is 0.231 e. The van der Waals surface area contributed by atoms with E-state index in [0.717, 1.165) is 16.8 Å². The molecule has 78 valence electrons. The van der Waals surface area contributed by atoms with Crippen LogP contribution in [-0.4, -0.2) is 5.16 Å². The molecule has 2 nitrogen and oxygen atoms in total. The summed E-state index contributed by atoms with van der Waals surface area (Å²) in [5.41, 5.74) is 3.62. The molecule has 0 saturated heterocycles. The first-order chi connectivity index (χ1) is 7.22. The minimum Gasteiger partial charge on any atom is -0.343 e. The highest BCUT2D eigenvalue weighted by molar-refractivity contribution is 6.31. The SMILES string of the molecule is Cc1ccc(-c2noc(Cl)c2CCl)cc1. The fourth-order valence-electron chi connectivity index (χ4n) is 1.34. The van der Waals surface area contributed by atoms with Gasteiger partial charge in [-0.1, -0.05) is 35.0 Å². The van der Waals surface area contributed by atoms with Gasteiger partial charge in [0.15, 0.2) is 0 Å². The van der Waals surface area contributed by atoms with Crippen molar-refractivity contribution in [2.75, 3.05) is 0 Å². The molecule has 2 aromatic rings. The van der Waals surface area contributed by atoms with Gasteiger partial charge in [-0.3, -0.25) is 0 Å². The molecule has 0 aliphatic rings. The lowest BCUT2D eigenvalue weighted by Gasteiger charge is -1.98. The Morgan fingerprint density at radius 2 is 1.93 bits per heavy atom. The third-order valence-corrected chi connectivity index (χ3v) is 2.76. The summed E-state index contributed by atoms with van der Waals surface area (Å²) >= 11 is 11.6. The maximum absolute atomic E-state index is 5.81. The largest absolute Gasteiger partial charge is 0.343 e. The molecule has 2 rings (SSSR count).